The van der Waals surface area contributed by atoms with Crippen molar-refractivity contribution in [2.75, 3.05) is 24.5 Å². The number of fused-ring (bicyclic) bond motifs is 1. The molecule has 1 aromatic heterocycles. The van der Waals surface area contributed by atoms with E-state index >= 15 is 0 Å². The molecule has 1 aliphatic rings. The molecule has 4 heteroatoms. The van der Waals surface area contributed by atoms with Gasteiger partial charge in [-0.25, -0.2) is 4.98 Å². The largest absolute Gasteiger partial charge is 0.340 e. The van der Waals surface area contributed by atoms with E-state index in [1.165, 1.54) is 11.3 Å². The standard InChI is InChI=1S/C18H21N3O/c1-3-20(4-2)18(22)16-10-9-15(13-19-16)21-12-11-14-7-5-6-8-17(14)21/h5-10,13H,3-4,11-12H2,1-2H3. The quantitative estimate of drug-likeness (QED) is 0.868. The van der Waals surface area contributed by atoms with Crippen LogP contribution in [0.3, 0.4) is 0 Å². The molecule has 0 radical (unpaired) electrons. The lowest BCUT2D eigenvalue weighted by molar-refractivity contribution is 0.0767. The van der Waals surface area contributed by atoms with Crippen LogP contribution in [-0.2, 0) is 6.42 Å². The van der Waals surface area contributed by atoms with Crippen molar-refractivity contribution in [3.63, 3.8) is 0 Å². The Balaban J connectivity index is 1.82. The van der Waals surface area contributed by atoms with Gasteiger partial charge in [0.15, 0.2) is 0 Å². The van der Waals surface area contributed by atoms with Crippen LogP contribution in [0.5, 0.6) is 0 Å². The first-order valence-electron chi connectivity index (χ1n) is 7.85. The number of para-hydroxylation sites is 1. The van der Waals surface area contributed by atoms with Crippen LogP contribution in [-0.4, -0.2) is 35.4 Å². The Kier molecular flexibility index (Phi) is 4.09. The second kappa shape index (κ2) is 6.18. The average Bonchev–Trinajstić information content (AvgIpc) is 3.00. The molecule has 0 aliphatic carbocycles. The maximum absolute atomic E-state index is 12.3. The van der Waals surface area contributed by atoms with Crippen LogP contribution >= 0.6 is 0 Å². The summed E-state index contributed by atoms with van der Waals surface area (Å²) in [5.74, 6) is -0.00151. The van der Waals surface area contributed by atoms with Crippen molar-refractivity contribution < 1.29 is 4.79 Å². The minimum absolute atomic E-state index is 0.00151. The van der Waals surface area contributed by atoms with Crippen LogP contribution in [0.1, 0.15) is 29.9 Å². The molecule has 0 spiro atoms. The van der Waals surface area contributed by atoms with Crippen LogP contribution in [0.4, 0.5) is 11.4 Å². The molecule has 2 heterocycles. The van der Waals surface area contributed by atoms with Gasteiger partial charge in [0.25, 0.3) is 5.91 Å². The van der Waals surface area contributed by atoms with Gasteiger partial charge in [0.1, 0.15) is 5.69 Å². The van der Waals surface area contributed by atoms with Crippen LogP contribution in [0.15, 0.2) is 42.6 Å². The molecule has 0 bridgehead atoms. The van der Waals surface area contributed by atoms with Gasteiger partial charge in [-0.2, -0.15) is 0 Å². The summed E-state index contributed by atoms with van der Waals surface area (Å²) in [6.45, 7) is 6.34. The first-order chi connectivity index (χ1) is 10.7. The van der Waals surface area contributed by atoms with Gasteiger partial charge in [0.05, 0.1) is 11.9 Å². The first kappa shape index (κ1) is 14.6. The minimum Gasteiger partial charge on any atom is -0.340 e. The zero-order valence-electron chi connectivity index (χ0n) is 13.1. The summed E-state index contributed by atoms with van der Waals surface area (Å²) in [5.41, 5.74) is 4.17. The summed E-state index contributed by atoms with van der Waals surface area (Å²) < 4.78 is 0. The summed E-state index contributed by atoms with van der Waals surface area (Å²) in [4.78, 5) is 20.7. The fourth-order valence-corrected chi connectivity index (χ4v) is 2.95. The molecule has 1 aliphatic heterocycles. The van der Waals surface area contributed by atoms with E-state index in [0.717, 1.165) is 18.7 Å². The SMILES string of the molecule is CCN(CC)C(=O)c1ccc(N2CCc3ccccc32)cn1. The number of rotatable bonds is 4. The molecule has 114 valence electrons. The molecular formula is C18H21N3O. The molecule has 3 rings (SSSR count). The van der Waals surface area contributed by atoms with E-state index in [-0.39, 0.29) is 5.91 Å². The Hall–Kier alpha value is -2.36. The maximum atomic E-state index is 12.3. The predicted molar refractivity (Wildman–Crippen MR) is 88.6 cm³/mol. The number of hydrogen-bond acceptors (Lipinski definition) is 3. The number of carbonyl (C=O) groups is 1. The number of nitrogens with zero attached hydrogens (tertiary/aromatic N) is 3. The second-order valence-corrected chi connectivity index (χ2v) is 5.41. The van der Waals surface area contributed by atoms with Crippen molar-refractivity contribution in [2.45, 2.75) is 20.3 Å². The highest BCUT2D eigenvalue weighted by Gasteiger charge is 2.20. The number of carbonyl (C=O) groups excluding carboxylic acids is 1. The Morgan fingerprint density at radius 1 is 1.18 bits per heavy atom. The van der Waals surface area contributed by atoms with E-state index in [2.05, 4.69) is 34.1 Å². The smallest absolute Gasteiger partial charge is 0.272 e. The molecular weight excluding hydrogens is 274 g/mol. The van der Waals surface area contributed by atoms with E-state index in [0.29, 0.717) is 18.8 Å². The second-order valence-electron chi connectivity index (χ2n) is 5.41. The fraction of sp³-hybridized carbons (Fsp3) is 0.333. The predicted octanol–water partition coefficient (Wildman–Crippen LogP) is 3.26. The van der Waals surface area contributed by atoms with E-state index in [1.807, 2.05) is 26.0 Å². The number of amides is 1. The van der Waals surface area contributed by atoms with Crippen LogP contribution < -0.4 is 4.90 Å². The fourth-order valence-electron chi connectivity index (χ4n) is 2.95. The lowest BCUT2D eigenvalue weighted by atomic mass is 10.2. The van der Waals surface area contributed by atoms with Gasteiger partial charge in [0, 0.05) is 25.3 Å². The normalized spacial score (nSPS) is 13.1. The van der Waals surface area contributed by atoms with Gasteiger partial charge in [-0.15, -0.1) is 0 Å². The zero-order chi connectivity index (χ0) is 15.5. The average molecular weight is 295 g/mol. The number of anilines is 2. The van der Waals surface area contributed by atoms with E-state index in [4.69, 9.17) is 0 Å². The van der Waals surface area contributed by atoms with E-state index < -0.39 is 0 Å². The van der Waals surface area contributed by atoms with Gasteiger partial charge in [0.2, 0.25) is 0 Å². The molecule has 0 atom stereocenters. The highest BCUT2D eigenvalue weighted by Crippen LogP contribution is 2.33. The Labute approximate surface area is 131 Å². The van der Waals surface area contributed by atoms with Gasteiger partial charge < -0.3 is 9.80 Å². The molecule has 4 nitrogen and oxygen atoms in total. The topological polar surface area (TPSA) is 36.4 Å². The third-order valence-electron chi connectivity index (χ3n) is 4.22. The van der Waals surface area contributed by atoms with Gasteiger partial charge in [-0.1, -0.05) is 18.2 Å². The van der Waals surface area contributed by atoms with Crippen molar-refractivity contribution >= 4 is 17.3 Å². The van der Waals surface area contributed by atoms with Crippen molar-refractivity contribution in [2.24, 2.45) is 0 Å². The van der Waals surface area contributed by atoms with E-state index in [1.54, 1.807) is 11.1 Å². The third kappa shape index (κ3) is 2.56. The monoisotopic (exact) mass is 295 g/mol. The van der Waals surface area contributed by atoms with Crippen LogP contribution in [0.2, 0.25) is 0 Å². The maximum Gasteiger partial charge on any atom is 0.272 e. The van der Waals surface area contributed by atoms with Crippen LogP contribution in [0, 0.1) is 0 Å². The number of aromatic nitrogens is 1. The van der Waals surface area contributed by atoms with Gasteiger partial charge in [-0.05, 0) is 44.0 Å². The van der Waals surface area contributed by atoms with Gasteiger partial charge >= 0.3 is 0 Å². The third-order valence-corrected chi connectivity index (χ3v) is 4.22. The zero-order valence-corrected chi connectivity index (χ0v) is 13.1. The van der Waals surface area contributed by atoms with Crippen molar-refractivity contribution in [1.82, 2.24) is 9.88 Å². The molecule has 1 aromatic carbocycles. The summed E-state index contributed by atoms with van der Waals surface area (Å²) in [5, 5.41) is 0. The number of hydrogen-bond donors (Lipinski definition) is 0. The number of pyridine rings is 1. The highest BCUT2D eigenvalue weighted by atomic mass is 16.2. The molecule has 22 heavy (non-hydrogen) atoms. The summed E-state index contributed by atoms with van der Waals surface area (Å²) in [6.07, 6.45) is 2.86. The van der Waals surface area contributed by atoms with Crippen molar-refractivity contribution in [3.05, 3.63) is 53.9 Å². The Morgan fingerprint density at radius 3 is 2.64 bits per heavy atom. The Morgan fingerprint density at radius 2 is 1.95 bits per heavy atom. The van der Waals surface area contributed by atoms with Crippen LogP contribution in [0.25, 0.3) is 0 Å². The molecule has 0 saturated carbocycles. The Bertz CT molecular complexity index is 662. The number of benzene rings is 1. The van der Waals surface area contributed by atoms with Gasteiger partial charge in [-0.3, -0.25) is 4.79 Å². The van der Waals surface area contributed by atoms with Crippen molar-refractivity contribution in [3.8, 4) is 0 Å². The molecule has 2 aromatic rings. The lowest BCUT2D eigenvalue weighted by Crippen LogP contribution is -2.31. The molecule has 0 saturated heterocycles. The molecule has 1 amide bonds. The minimum atomic E-state index is -0.00151. The summed E-state index contributed by atoms with van der Waals surface area (Å²) in [7, 11) is 0. The van der Waals surface area contributed by atoms with Crippen molar-refractivity contribution in [1.29, 1.82) is 0 Å². The summed E-state index contributed by atoms with van der Waals surface area (Å²) in [6, 6.07) is 12.3. The highest BCUT2D eigenvalue weighted by molar-refractivity contribution is 5.92. The summed E-state index contributed by atoms with van der Waals surface area (Å²) >= 11 is 0. The first-order valence-corrected chi connectivity index (χ1v) is 7.85. The molecule has 0 N–H and O–H groups in total. The van der Waals surface area contributed by atoms with E-state index in [9.17, 15) is 4.79 Å². The molecule has 0 unspecified atom stereocenters. The molecule has 0 fully saturated rings. The lowest BCUT2D eigenvalue weighted by Gasteiger charge is -2.21.